The maximum Gasteiger partial charge on any atom is 0.416 e. The zero-order valence-corrected chi connectivity index (χ0v) is 14.4. The van der Waals surface area contributed by atoms with Crippen LogP contribution in [0.15, 0.2) is 24.8 Å². The lowest BCUT2D eigenvalue weighted by Gasteiger charge is -2.36. The topological polar surface area (TPSA) is 35.5 Å². The van der Waals surface area contributed by atoms with Crippen molar-refractivity contribution in [1.29, 1.82) is 0 Å². The number of alkyl halides is 3. The molecule has 3 nitrogen and oxygen atoms in total. The van der Waals surface area contributed by atoms with Gasteiger partial charge >= 0.3 is 6.18 Å². The number of nitrogens with zero attached hydrogens (tertiary/aromatic N) is 1. The number of halogens is 6. The molecule has 0 saturated carbocycles. The van der Waals surface area contributed by atoms with Gasteiger partial charge in [-0.1, -0.05) is 6.08 Å². The van der Waals surface area contributed by atoms with Crippen LogP contribution >= 0.6 is 24.8 Å². The fraction of sp³-hybridized carbons (Fsp3) is 0.467. The molecule has 1 fully saturated rings. The molecule has 1 aliphatic rings. The third kappa shape index (κ3) is 4.99. The second-order valence-electron chi connectivity index (χ2n) is 5.18. The molecular formula is C15H20Cl2F4N2O. The van der Waals surface area contributed by atoms with Gasteiger partial charge < -0.3 is 10.4 Å². The fourth-order valence-electron chi connectivity index (χ4n) is 2.77. The van der Waals surface area contributed by atoms with Crippen molar-refractivity contribution in [3.05, 3.63) is 41.7 Å². The number of rotatable bonds is 4. The Morgan fingerprint density at radius 2 is 1.83 bits per heavy atom. The molecule has 1 heterocycles. The Morgan fingerprint density at radius 3 is 2.33 bits per heavy atom. The fourth-order valence-corrected chi connectivity index (χ4v) is 2.77. The van der Waals surface area contributed by atoms with Crippen LogP contribution in [0.5, 0.6) is 5.75 Å². The molecular weight excluding hydrogens is 371 g/mol. The second kappa shape index (κ2) is 9.46. The summed E-state index contributed by atoms with van der Waals surface area (Å²) >= 11 is 0. The predicted octanol–water partition coefficient (Wildman–Crippen LogP) is 3.92. The Hall–Kier alpha value is -1.02. The van der Waals surface area contributed by atoms with Gasteiger partial charge in [0.25, 0.3) is 0 Å². The van der Waals surface area contributed by atoms with Crippen molar-refractivity contribution in [2.45, 2.75) is 18.6 Å². The molecule has 0 unspecified atom stereocenters. The van der Waals surface area contributed by atoms with E-state index in [9.17, 15) is 22.7 Å². The van der Waals surface area contributed by atoms with E-state index in [0.717, 1.165) is 0 Å². The van der Waals surface area contributed by atoms with Gasteiger partial charge in [-0.15, -0.1) is 31.4 Å². The molecule has 1 saturated heterocycles. The molecule has 0 amide bonds. The number of benzene rings is 1. The van der Waals surface area contributed by atoms with E-state index in [1.54, 1.807) is 0 Å². The van der Waals surface area contributed by atoms with Crippen LogP contribution in [0.2, 0.25) is 0 Å². The highest BCUT2D eigenvalue weighted by atomic mass is 35.5. The Labute approximate surface area is 150 Å². The van der Waals surface area contributed by atoms with Crippen LogP contribution in [0.25, 0.3) is 0 Å². The predicted molar refractivity (Wildman–Crippen MR) is 89.6 cm³/mol. The summed E-state index contributed by atoms with van der Waals surface area (Å²) in [5.74, 6) is -1.98. The highest BCUT2D eigenvalue weighted by Gasteiger charge is 2.39. The maximum atomic E-state index is 13.6. The van der Waals surface area contributed by atoms with Crippen molar-refractivity contribution < 1.29 is 22.7 Å². The first-order chi connectivity index (χ1) is 10.4. The second-order valence-corrected chi connectivity index (χ2v) is 5.18. The van der Waals surface area contributed by atoms with Crippen LogP contribution < -0.4 is 5.32 Å². The average Bonchev–Trinajstić information content (AvgIpc) is 2.47. The van der Waals surface area contributed by atoms with Gasteiger partial charge in [-0.25, -0.2) is 4.39 Å². The van der Waals surface area contributed by atoms with Gasteiger partial charge in [0.15, 0.2) is 11.6 Å². The van der Waals surface area contributed by atoms with Crippen LogP contribution in [0.3, 0.4) is 0 Å². The van der Waals surface area contributed by atoms with E-state index >= 15 is 0 Å². The lowest BCUT2D eigenvalue weighted by molar-refractivity contribution is -0.139. The molecule has 1 aliphatic heterocycles. The average molecular weight is 391 g/mol. The molecule has 2 N–H and O–H groups in total. The van der Waals surface area contributed by atoms with E-state index in [4.69, 9.17) is 0 Å². The summed E-state index contributed by atoms with van der Waals surface area (Å²) in [6.07, 6.45) is -2.98. The van der Waals surface area contributed by atoms with E-state index in [1.807, 2.05) is 4.90 Å². The molecule has 0 spiro atoms. The summed E-state index contributed by atoms with van der Waals surface area (Å²) in [6.45, 7) is 5.87. The number of hydrogen-bond acceptors (Lipinski definition) is 3. The van der Waals surface area contributed by atoms with E-state index in [2.05, 4.69) is 11.9 Å². The summed E-state index contributed by atoms with van der Waals surface area (Å²) in [5.41, 5.74) is -1.41. The maximum absolute atomic E-state index is 13.6. The van der Waals surface area contributed by atoms with E-state index in [0.29, 0.717) is 38.3 Å². The van der Waals surface area contributed by atoms with Gasteiger partial charge in [0, 0.05) is 37.8 Å². The van der Waals surface area contributed by atoms with Crippen molar-refractivity contribution in [2.24, 2.45) is 0 Å². The first kappa shape index (κ1) is 23.0. The van der Waals surface area contributed by atoms with Crippen LogP contribution in [-0.4, -0.2) is 36.2 Å². The number of piperazine rings is 1. The molecule has 24 heavy (non-hydrogen) atoms. The van der Waals surface area contributed by atoms with Crippen molar-refractivity contribution in [1.82, 2.24) is 10.2 Å². The standard InChI is InChI=1S/C15H18F4N2O.2ClH/c1-2-3-12(21-8-6-20-7-9-21)13-10(15(17,18)19)4-5-11(16)14(13)22;;/h2,4-5,12,20,22H,1,3,6-9H2;2*1H/t12-;;/m0../s1. The number of phenolic OH excluding ortho intramolecular Hbond substituents is 1. The van der Waals surface area contributed by atoms with E-state index < -0.39 is 34.9 Å². The molecule has 9 heteroatoms. The number of hydrogen-bond donors (Lipinski definition) is 2. The minimum absolute atomic E-state index is 0. The zero-order valence-electron chi connectivity index (χ0n) is 12.8. The van der Waals surface area contributed by atoms with Gasteiger partial charge in [0.2, 0.25) is 0 Å². The summed E-state index contributed by atoms with van der Waals surface area (Å²) in [7, 11) is 0. The lowest BCUT2D eigenvalue weighted by Crippen LogP contribution is -2.45. The molecule has 0 aromatic heterocycles. The van der Waals surface area contributed by atoms with E-state index in [-0.39, 0.29) is 31.2 Å². The molecule has 0 radical (unpaired) electrons. The highest BCUT2D eigenvalue weighted by Crippen LogP contribution is 2.43. The van der Waals surface area contributed by atoms with Gasteiger partial charge in [-0.2, -0.15) is 13.2 Å². The Morgan fingerprint density at radius 1 is 1.25 bits per heavy atom. The summed E-state index contributed by atoms with van der Waals surface area (Å²) in [5, 5.41) is 13.0. The summed E-state index contributed by atoms with van der Waals surface area (Å²) in [6, 6.07) is 0.569. The van der Waals surface area contributed by atoms with E-state index in [1.165, 1.54) is 6.08 Å². The number of aromatic hydroxyl groups is 1. The van der Waals surface area contributed by atoms with Crippen LogP contribution in [0.1, 0.15) is 23.6 Å². The minimum Gasteiger partial charge on any atom is -0.505 e. The quantitative estimate of drug-likeness (QED) is 0.604. The highest BCUT2D eigenvalue weighted by molar-refractivity contribution is 5.85. The normalized spacial score (nSPS) is 16.7. The molecule has 2 rings (SSSR count). The molecule has 1 aromatic carbocycles. The number of phenols is 1. The molecule has 1 atom stereocenters. The van der Waals surface area contributed by atoms with Crippen molar-refractivity contribution in [2.75, 3.05) is 26.2 Å². The SMILES string of the molecule is C=CC[C@@H](c1c(C(F)(F)F)ccc(F)c1O)N1CCNCC1.Cl.Cl. The minimum atomic E-state index is -4.66. The van der Waals surface area contributed by atoms with Crippen LogP contribution in [0.4, 0.5) is 17.6 Å². The monoisotopic (exact) mass is 390 g/mol. The largest absolute Gasteiger partial charge is 0.505 e. The Bertz CT molecular complexity index is 549. The van der Waals surface area contributed by atoms with Crippen molar-refractivity contribution >= 4 is 24.8 Å². The molecule has 0 aliphatic carbocycles. The Balaban J connectivity index is 0.00000264. The smallest absolute Gasteiger partial charge is 0.416 e. The zero-order chi connectivity index (χ0) is 16.3. The summed E-state index contributed by atoms with van der Waals surface area (Å²) < 4.78 is 53.4. The summed E-state index contributed by atoms with van der Waals surface area (Å²) in [4.78, 5) is 1.81. The molecule has 138 valence electrons. The first-order valence-corrected chi connectivity index (χ1v) is 7.00. The lowest BCUT2D eigenvalue weighted by atomic mass is 9.94. The van der Waals surface area contributed by atoms with Gasteiger partial charge in [-0.05, 0) is 18.6 Å². The Kier molecular flexibility index (Phi) is 9.06. The van der Waals surface area contributed by atoms with Crippen molar-refractivity contribution in [3.8, 4) is 5.75 Å². The van der Waals surface area contributed by atoms with Crippen molar-refractivity contribution in [3.63, 3.8) is 0 Å². The third-order valence-electron chi connectivity index (χ3n) is 3.79. The number of nitrogens with one attached hydrogen (secondary N) is 1. The van der Waals surface area contributed by atoms with Gasteiger partial charge in [0.1, 0.15) is 0 Å². The van der Waals surface area contributed by atoms with Crippen LogP contribution in [-0.2, 0) is 6.18 Å². The molecule has 0 bridgehead atoms. The van der Waals surface area contributed by atoms with Crippen LogP contribution in [0, 0.1) is 5.82 Å². The third-order valence-corrected chi connectivity index (χ3v) is 3.79. The van der Waals surface area contributed by atoms with Gasteiger partial charge in [-0.3, -0.25) is 4.90 Å². The first-order valence-electron chi connectivity index (χ1n) is 7.00. The van der Waals surface area contributed by atoms with Gasteiger partial charge in [0.05, 0.1) is 5.56 Å². The molecule has 1 aromatic rings.